The molecule has 6 nitrogen and oxygen atoms in total. The molecule has 1 N–H and O–H groups in total. The van der Waals surface area contributed by atoms with Crippen LogP contribution in [0.1, 0.15) is 18.0 Å². The average Bonchev–Trinajstić information content (AvgIpc) is 2.46. The number of nitrogens with one attached hydrogen (secondary N) is 1. The summed E-state index contributed by atoms with van der Waals surface area (Å²) in [5.41, 5.74) is 1.05. The van der Waals surface area contributed by atoms with Gasteiger partial charge in [0.2, 0.25) is 0 Å². The molecule has 0 bridgehead atoms. The highest BCUT2D eigenvalue weighted by atomic mass is 35.5. The molecule has 1 saturated heterocycles. The van der Waals surface area contributed by atoms with Crippen LogP contribution in [0.25, 0.3) is 0 Å². The highest BCUT2D eigenvalue weighted by Crippen LogP contribution is 2.26. The summed E-state index contributed by atoms with van der Waals surface area (Å²) in [7, 11) is 0. The summed E-state index contributed by atoms with van der Waals surface area (Å²) in [4.78, 5) is 12.5. The van der Waals surface area contributed by atoms with Gasteiger partial charge in [0.05, 0.1) is 17.4 Å². The van der Waals surface area contributed by atoms with Crippen LogP contribution in [0.3, 0.4) is 0 Å². The fourth-order valence-electron chi connectivity index (χ4n) is 2.36. The predicted octanol–water partition coefficient (Wildman–Crippen LogP) is 2.30. The molecule has 1 aliphatic rings. The highest BCUT2D eigenvalue weighted by molar-refractivity contribution is 5.85. The lowest BCUT2D eigenvalue weighted by Gasteiger charge is -2.34. The lowest BCUT2D eigenvalue weighted by atomic mass is 10.0. The summed E-state index contributed by atoms with van der Waals surface area (Å²) in [6, 6.07) is 8.73. The van der Waals surface area contributed by atoms with E-state index in [1.165, 1.54) is 12.1 Å². The first-order valence-electron chi connectivity index (χ1n) is 6.28. The predicted molar refractivity (Wildman–Crippen MR) is 85.0 cm³/mol. The Kier molecular flexibility index (Phi) is 8.90. The van der Waals surface area contributed by atoms with Gasteiger partial charge in [-0.15, -0.1) is 24.8 Å². The quantitative estimate of drug-likeness (QED) is 0.675. The number of nitriles is 1. The second-order valence-corrected chi connectivity index (χ2v) is 4.51. The van der Waals surface area contributed by atoms with Crippen molar-refractivity contribution in [3.63, 3.8) is 0 Å². The Morgan fingerprint density at radius 3 is 2.33 bits per heavy atom. The standard InChI is InChI=1S/C13H16N4O2.2ClH/c14-6-5-13(16-9-7-15-8-10-16)11-1-3-12(4-2-11)17(18)19;;/h1-4,13,15H,5,7-10H2;2*1H/t13-;;/m1../s1. The Hall–Kier alpha value is -1.39. The third-order valence-electron chi connectivity index (χ3n) is 3.37. The van der Waals surface area contributed by atoms with Crippen LogP contribution in [0, 0.1) is 21.4 Å². The van der Waals surface area contributed by atoms with Crippen molar-refractivity contribution in [2.45, 2.75) is 12.5 Å². The Bertz CT molecular complexity index is 484. The maximum atomic E-state index is 10.6. The molecule has 0 unspecified atom stereocenters. The van der Waals surface area contributed by atoms with Crippen molar-refractivity contribution >= 4 is 30.5 Å². The number of hydrogen-bond acceptors (Lipinski definition) is 5. The van der Waals surface area contributed by atoms with E-state index in [0.29, 0.717) is 6.42 Å². The topological polar surface area (TPSA) is 82.2 Å². The molecule has 1 aromatic rings. The van der Waals surface area contributed by atoms with Crippen molar-refractivity contribution in [2.24, 2.45) is 0 Å². The minimum absolute atomic E-state index is 0. The molecular weight excluding hydrogens is 315 g/mol. The number of nitrogens with zero attached hydrogens (tertiary/aromatic N) is 3. The Morgan fingerprint density at radius 2 is 1.86 bits per heavy atom. The summed E-state index contributed by atoms with van der Waals surface area (Å²) < 4.78 is 0. The maximum Gasteiger partial charge on any atom is 0.269 e. The zero-order valence-electron chi connectivity index (χ0n) is 11.4. The molecule has 2 rings (SSSR count). The van der Waals surface area contributed by atoms with Crippen LogP contribution >= 0.6 is 24.8 Å². The molecule has 0 aromatic heterocycles. The van der Waals surface area contributed by atoms with E-state index in [9.17, 15) is 10.1 Å². The number of piperazine rings is 1. The third-order valence-corrected chi connectivity index (χ3v) is 3.37. The number of hydrogen-bond donors (Lipinski definition) is 1. The van der Waals surface area contributed by atoms with E-state index in [2.05, 4.69) is 16.3 Å². The van der Waals surface area contributed by atoms with Crippen molar-refractivity contribution in [3.8, 4) is 6.07 Å². The van der Waals surface area contributed by atoms with Crippen LogP contribution in [-0.4, -0.2) is 36.0 Å². The van der Waals surface area contributed by atoms with Crippen LogP contribution in [-0.2, 0) is 0 Å². The molecule has 21 heavy (non-hydrogen) atoms. The fourth-order valence-corrected chi connectivity index (χ4v) is 2.36. The van der Waals surface area contributed by atoms with E-state index in [0.717, 1.165) is 31.7 Å². The van der Waals surface area contributed by atoms with Crippen molar-refractivity contribution < 1.29 is 4.92 Å². The minimum atomic E-state index is -0.409. The van der Waals surface area contributed by atoms with Crippen LogP contribution in [0.5, 0.6) is 0 Å². The largest absolute Gasteiger partial charge is 0.314 e. The summed E-state index contributed by atoms with van der Waals surface area (Å²) in [5.74, 6) is 0. The summed E-state index contributed by atoms with van der Waals surface area (Å²) in [5, 5.41) is 22.9. The zero-order chi connectivity index (χ0) is 13.7. The number of rotatable bonds is 4. The Morgan fingerprint density at radius 1 is 1.29 bits per heavy atom. The van der Waals surface area contributed by atoms with Gasteiger partial charge in [0, 0.05) is 44.4 Å². The molecule has 116 valence electrons. The van der Waals surface area contributed by atoms with Crippen LogP contribution < -0.4 is 5.32 Å². The van der Waals surface area contributed by atoms with E-state index in [1.54, 1.807) is 12.1 Å². The van der Waals surface area contributed by atoms with E-state index < -0.39 is 4.92 Å². The molecule has 1 heterocycles. The number of non-ortho nitro benzene ring substituents is 1. The number of halogens is 2. The average molecular weight is 333 g/mol. The lowest BCUT2D eigenvalue weighted by Crippen LogP contribution is -2.45. The molecule has 8 heteroatoms. The molecule has 1 fully saturated rings. The van der Waals surface area contributed by atoms with Gasteiger partial charge in [-0.2, -0.15) is 5.26 Å². The monoisotopic (exact) mass is 332 g/mol. The molecule has 0 spiro atoms. The van der Waals surface area contributed by atoms with E-state index >= 15 is 0 Å². The van der Waals surface area contributed by atoms with Gasteiger partial charge in [0.25, 0.3) is 5.69 Å². The van der Waals surface area contributed by atoms with Gasteiger partial charge in [0.1, 0.15) is 0 Å². The summed E-state index contributed by atoms with van der Waals surface area (Å²) >= 11 is 0. The van der Waals surface area contributed by atoms with E-state index in [1.807, 2.05) is 0 Å². The number of benzene rings is 1. The maximum absolute atomic E-state index is 10.6. The van der Waals surface area contributed by atoms with E-state index in [-0.39, 0.29) is 36.5 Å². The van der Waals surface area contributed by atoms with Crippen molar-refractivity contribution in [3.05, 3.63) is 39.9 Å². The molecule has 0 aliphatic carbocycles. The highest BCUT2D eigenvalue weighted by Gasteiger charge is 2.22. The molecule has 1 aliphatic heterocycles. The van der Waals surface area contributed by atoms with E-state index in [4.69, 9.17) is 5.26 Å². The van der Waals surface area contributed by atoms with Crippen molar-refractivity contribution in [2.75, 3.05) is 26.2 Å². The first-order chi connectivity index (χ1) is 9.22. The van der Waals surface area contributed by atoms with Crippen molar-refractivity contribution in [1.82, 2.24) is 10.2 Å². The summed E-state index contributed by atoms with van der Waals surface area (Å²) in [6.07, 6.45) is 0.401. The molecule has 0 saturated carbocycles. The number of nitro groups is 1. The van der Waals surface area contributed by atoms with Crippen LogP contribution in [0.2, 0.25) is 0 Å². The zero-order valence-corrected chi connectivity index (χ0v) is 13.0. The van der Waals surface area contributed by atoms with Gasteiger partial charge in [0.15, 0.2) is 0 Å². The molecule has 0 radical (unpaired) electrons. The third kappa shape index (κ3) is 5.14. The minimum Gasteiger partial charge on any atom is -0.314 e. The van der Waals surface area contributed by atoms with Gasteiger partial charge >= 0.3 is 0 Å². The summed E-state index contributed by atoms with van der Waals surface area (Å²) in [6.45, 7) is 3.61. The molecule has 1 atom stereocenters. The van der Waals surface area contributed by atoms with Gasteiger partial charge in [-0.3, -0.25) is 15.0 Å². The first kappa shape index (κ1) is 19.6. The molecule has 0 amide bonds. The van der Waals surface area contributed by atoms with Gasteiger partial charge in [-0.05, 0) is 5.56 Å². The smallest absolute Gasteiger partial charge is 0.269 e. The Balaban J connectivity index is 0.00000200. The van der Waals surface area contributed by atoms with Crippen molar-refractivity contribution in [1.29, 1.82) is 5.26 Å². The second kappa shape index (κ2) is 9.53. The van der Waals surface area contributed by atoms with Gasteiger partial charge < -0.3 is 5.32 Å². The Labute approximate surface area is 136 Å². The first-order valence-corrected chi connectivity index (χ1v) is 6.28. The van der Waals surface area contributed by atoms with Gasteiger partial charge in [-0.1, -0.05) is 12.1 Å². The molecule has 1 aromatic carbocycles. The lowest BCUT2D eigenvalue weighted by molar-refractivity contribution is -0.384. The normalized spacial score (nSPS) is 16.0. The second-order valence-electron chi connectivity index (χ2n) is 4.51. The number of nitro benzene ring substituents is 1. The molecular formula is C13H18Cl2N4O2. The fraction of sp³-hybridized carbons (Fsp3) is 0.462. The van der Waals surface area contributed by atoms with Crippen LogP contribution in [0.15, 0.2) is 24.3 Å². The SMILES string of the molecule is Cl.Cl.N#CC[C@H](c1ccc([N+](=O)[O-])cc1)N1CCNCC1. The van der Waals surface area contributed by atoms with Gasteiger partial charge in [-0.25, -0.2) is 0 Å². The van der Waals surface area contributed by atoms with Crippen LogP contribution in [0.4, 0.5) is 5.69 Å².